The summed E-state index contributed by atoms with van der Waals surface area (Å²) >= 11 is 3.49. The highest BCUT2D eigenvalue weighted by atomic mass is 79.9. The minimum atomic E-state index is -1.04. The van der Waals surface area contributed by atoms with Crippen LogP contribution in [0.25, 0.3) is 10.9 Å². The number of rotatable bonds is 5. The Labute approximate surface area is 122 Å². The number of halogens is 1. The maximum atomic E-state index is 5.85. The number of nitrogens with one attached hydrogen (secondary N) is 1. The van der Waals surface area contributed by atoms with Crippen LogP contribution in [0.2, 0.25) is 25.7 Å². The van der Waals surface area contributed by atoms with Crippen LogP contribution in [0.1, 0.15) is 0 Å². The Balaban J connectivity index is 2.08. The van der Waals surface area contributed by atoms with Crippen LogP contribution in [0.15, 0.2) is 16.9 Å². The number of hydrogen-bond acceptors (Lipinski definition) is 3. The molecule has 0 unspecified atom stereocenters. The van der Waals surface area contributed by atoms with Gasteiger partial charge in [-0.1, -0.05) is 24.3 Å². The fourth-order valence-electron chi connectivity index (χ4n) is 1.77. The van der Waals surface area contributed by atoms with Gasteiger partial charge in [0.2, 0.25) is 0 Å². The van der Waals surface area contributed by atoms with Crippen molar-refractivity contribution in [2.75, 3.05) is 12.3 Å². The summed E-state index contributed by atoms with van der Waals surface area (Å²) in [6.07, 6.45) is 3.56. The molecule has 7 heteroatoms. The van der Waals surface area contributed by atoms with Crippen LogP contribution in [0.4, 0.5) is 5.82 Å². The average Bonchev–Trinajstić information content (AvgIpc) is 2.73. The highest BCUT2D eigenvalue weighted by Crippen LogP contribution is 2.23. The Hall–Kier alpha value is -0.923. The van der Waals surface area contributed by atoms with Crippen molar-refractivity contribution in [2.45, 2.75) is 32.4 Å². The summed E-state index contributed by atoms with van der Waals surface area (Å²) in [7, 11) is -1.04. The van der Waals surface area contributed by atoms with Gasteiger partial charge in [0.25, 0.3) is 12.2 Å². The van der Waals surface area contributed by atoms with Gasteiger partial charge in [-0.15, -0.1) is 0 Å². The Bertz CT molecular complexity index is 579. The molecule has 104 valence electrons. The van der Waals surface area contributed by atoms with Crippen LogP contribution in [0.3, 0.4) is 0 Å². The lowest BCUT2D eigenvalue weighted by molar-refractivity contribution is -0.760. The van der Waals surface area contributed by atoms with Crippen LogP contribution in [-0.4, -0.2) is 24.8 Å². The molecule has 0 aliphatic heterocycles. The summed E-state index contributed by atoms with van der Waals surface area (Å²) in [6, 6.07) is 1.16. The number of hydrogen-bond donors (Lipinski definition) is 2. The summed E-state index contributed by atoms with van der Waals surface area (Å²) < 4.78 is 8.58. The summed E-state index contributed by atoms with van der Waals surface area (Å²) in [5.41, 5.74) is 6.84. The van der Waals surface area contributed by atoms with Crippen molar-refractivity contribution in [1.29, 1.82) is 0 Å². The lowest BCUT2D eigenvalue weighted by Gasteiger charge is -2.14. The average molecular weight is 344 g/mol. The molecule has 0 atom stereocenters. The lowest BCUT2D eigenvalue weighted by Crippen LogP contribution is -2.38. The number of ether oxygens (including phenoxy) is 1. The SMILES string of the molecule is C[Si](C)(C)CCOC[n+]1[nH]cc2c(N)ncc(Br)c21. The van der Waals surface area contributed by atoms with Crippen molar-refractivity contribution in [2.24, 2.45) is 0 Å². The smallest absolute Gasteiger partial charge is 0.276 e. The van der Waals surface area contributed by atoms with Gasteiger partial charge >= 0.3 is 0 Å². The van der Waals surface area contributed by atoms with Gasteiger partial charge in [0.15, 0.2) is 0 Å². The van der Waals surface area contributed by atoms with Gasteiger partial charge in [-0.05, 0) is 22.0 Å². The van der Waals surface area contributed by atoms with E-state index in [4.69, 9.17) is 10.5 Å². The van der Waals surface area contributed by atoms with E-state index in [-0.39, 0.29) is 0 Å². The number of nitrogens with two attached hydrogens (primary N) is 1. The number of pyridine rings is 1. The standard InChI is InChI=1S/C12H19BrN4OSi/c1-19(2,3)5-4-18-8-17-11-9(6-16-17)12(14)15-7-10(11)13/h6-7H,4-5,8H2,1-3H3,(H2,14,15,16)/p+1. The van der Waals surface area contributed by atoms with Crippen molar-refractivity contribution in [3.05, 3.63) is 16.9 Å². The first-order chi connectivity index (χ1) is 8.88. The fourth-order valence-corrected chi connectivity index (χ4v) is 3.05. The number of nitrogen functional groups attached to an aromatic ring is 1. The van der Waals surface area contributed by atoms with Crippen molar-refractivity contribution >= 4 is 40.7 Å². The molecular weight excluding hydrogens is 324 g/mol. The molecule has 0 spiro atoms. The Morgan fingerprint density at radius 1 is 1.47 bits per heavy atom. The Morgan fingerprint density at radius 2 is 2.21 bits per heavy atom. The van der Waals surface area contributed by atoms with Gasteiger partial charge in [-0.3, -0.25) is 0 Å². The van der Waals surface area contributed by atoms with Crippen molar-refractivity contribution in [3.8, 4) is 0 Å². The van der Waals surface area contributed by atoms with E-state index in [9.17, 15) is 0 Å². The van der Waals surface area contributed by atoms with Crippen LogP contribution in [0.5, 0.6) is 0 Å². The van der Waals surface area contributed by atoms with Crippen molar-refractivity contribution < 1.29 is 9.42 Å². The topological polar surface area (TPSA) is 67.8 Å². The minimum Gasteiger partial charge on any atom is -0.383 e. The van der Waals surface area contributed by atoms with Crippen molar-refractivity contribution in [3.63, 3.8) is 0 Å². The lowest BCUT2D eigenvalue weighted by atomic mass is 10.3. The molecule has 5 nitrogen and oxygen atoms in total. The van der Waals surface area contributed by atoms with E-state index in [1.807, 2.05) is 10.9 Å². The van der Waals surface area contributed by atoms with Crippen molar-refractivity contribution in [1.82, 2.24) is 10.1 Å². The van der Waals surface area contributed by atoms with Gasteiger partial charge in [0.05, 0.1) is 19.0 Å². The van der Waals surface area contributed by atoms with Crippen LogP contribution < -0.4 is 10.4 Å². The zero-order valence-electron chi connectivity index (χ0n) is 11.5. The third-order valence-corrected chi connectivity index (χ3v) is 5.21. The number of fused-ring (bicyclic) bond motifs is 1. The Morgan fingerprint density at radius 3 is 2.89 bits per heavy atom. The number of H-pyrrole nitrogens is 1. The van der Waals surface area contributed by atoms with Gasteiger partial charge in [-0.25, -0.2) is 4.98 Å². The maximum Gasteiger partial charge on any atom is 0.276 e. The Kier molecular flexibility index (Phi) is 4.27. The summed E-state index contributed by atoms with van der Waals surface area (Å²) in [5.74, 6) is 0.523. The third-order valence-electron chi connectivity index (χ3n) is 2.93. The molecule has 0 fully saturated rings. The molecule has 19 heavy (non-hydrogen) atoms. The molecule has 2 rings (SSSR count). The zero-order valence-corrected chi connectivity index (χ0v) is 14.1. The highest BCUT2D eigenvalue weighted by Gasteiger charge is 2.19. The number of aromatic nitrogens is 3. The molecular formula is C12H20BrN4OSi+. The second kappa shape index (κ2) is 5.60. The molecule has 0 aliphatic rings. The quantitative estimate of drug-likeness (QED) is 0.498. The number of aromatic amines is 1. The fraction of sp³-hybridized carbons (Fsp3) is 0.500. The molecule has 0 radical (unpaired) electrons. The molecule has 0 saturated carbocycles. The van der Waals surface area contributed by atoms with Crippen LogP contribution >= 0.6 is 15.9 Å². The van der Waals surface area contributed by atoms with E-state index >= 15 is 0 Å². The summed E-state index contributed by atoms with van der Waals surface area (Å²) in [5, 5.41) is 4.05. The third kappa shape index (κ3) is 3.55. The van der Waals surface area contributed by atoms with E-state index < -0.39 is 8.07 Å². The predicted molar refractivity (Wildman–Crippen MR) is 82.5 cm³/mol. The molecule has 2 aromatic heterocycles. The second-order valence-electron chi connectivity index (χ2n) is 5.80. The molecule has 0 saturated heterocycles. The second-order valence-corrected chi connectivity index (χ2v) is 12.3. The zero-order chi connectivity index (χ0) is 14.0. The molecule has 0 amide bonds. The maximum absolute atomic E-state index is 5.85. The first-order valence-corrected chi connectivity index (χ1v) is 10.8. The van der Waals surface area contributed by atoms with E-state index in [2.05, 4.69) is 45.7 Å². The summed E-state index contributed by atoms with van der Waals surface area (Å²) in [4.78, 5) is 4.11. The molecule has 3 N–H and O–H groups in total. The molecule has 2 heterocycles. The van der Waals surface area contributed by atoms with E-state index in [1.54, 1.807) is 6.20 Å². The monoisotopic (exact) mass is 343 g/mol. The first kappa shape index (κ1) is 14.5. The normalized spacial score (nSPS) is 12.2. The molecule has 2 aromatic rings. The van der Waals surface area contributed by atoms with Gasteiger partial charge in [0, 0.05) is 8.07 Å². The number of anilines is 1. The van der Waals surface area contributed by atoms with Crippen LogP contribution in [-0.2, 0) is 11.5 Å². The highest BCUT2D eigenvalue weighted by molar-refractivity contribution is 9.10. The molecule has 0 aliphatic carbocycles. The molecule has 0 aromatic carbocycles. The summed E-state index contributed by atoms with van der Waals surface area (Å²) in [6.45, 7) is 8.32. The predicted octanol–water partition coefficient (Wildman–Crippen LogP) is 2.51. The van der Waals surface area contributed by atoms with Gasteiger partial charge in [0.1, 0.15) is 15.7 Å². The van der Waals surface area contributed by atoms with E-state index in [0.29, 0.717) is 12.5 Å². The minimum absolute atomic E-state index is 0.496. The van der Waals surface area contributed by atoms with Crippen LogP contribution in [0, 0.1) is 0 Å². The number of nitrogens with zero attached hydrogens (tertiary/aromatic N) is 2. The van der Waals surface area contributed by atoms with Gasteiger partial charge < -0.3 is 10.5 Å². The van der Waals surface area contributed by atoms with E-state index in [0.717, 1.165) is 28.0 Å². The molecule has 0 bridgehead atoms. The first-order valence-electron chi connectivity index (χ1n) is 6.27. The van der Waals surface area contributed by atoms with E-state index in [1.165, 1.54) is 0 Å². The van der Waals surface area contributed by atoms with Gasteiger partial charge in [-0.2, -0.15) is 5.10 Å². The largest absolute Gasteiger partial charge is 0.383 e.